The van der Waals surface area contributed by atoms with Crippen molar-refractivity contribution in [3.05, 3.63) is 71.3 Å². The smallest absolute Gasteiger partial charge is 0.331 e. The third-order valence-corrected chi connectivity index (χ3v) is 2.90. The molecule has 0 saturated heterocycles. The summed E-state index contributed by atoms with van der Waals surface area (Å²) in [6, 6.07) is 11.5. The van der Waals surface area contributed by atoms with Gasteiger partial charge in [0.15, 0.2) is 0 Å². The molecule has 21 heavy (non-hydrogen) atoms. The molecule has 0 amide bonds. The van der Waals surface area contributed by atoms with Gasteiger partial charge < -0.3 is 9.47 Å². The summed E-state index contributed by atoms with van der Waals surface area (Å²) in [7, 11) is 1.24. The summed E-state index contributed by atoms with van der Waals surface area (Å²) in [6.07, 6.45) is -0.754. The number of benzene rings is 2. The van der Waals surface area contributed by atoms with Crippen LogP contribution in [0.25, 0.3) is 0 Å². The first-order chi connectivity index (χ1) is 10.1. The van der Waals surface area contributed by atoms with Crippen LogP contribution in [0.5, 0.6) is 0 Å². The standard InChI is InChI=1S/C16H14F2O3/c1-20-15(19)10-21-16(11-4-2-6-13(17)8-11)12-5-3-7-14(18)9-12/h2-9,16H,10H2,1H3. The normalized spacial score (nSPS) is 10.7. The highest BCUT2D eigenvalue weighted by molar-refractivity contribution is 5.70. The van der Waals surface area contributed by atoms with Gasteiger partial charge in [-0.2, -0.15) is 0 Å². The lowest BCUT2D eigenvalue weighted by Gasteiger charge is -2.18. The summed E-state index contributed by atoms with van der Waals surface area (Å²) in [5, 5.41) is 0. The van der Waals surface area contributed by atoms with Crippen LogP contribution in [0.3, 0.4) is 0 Å². The van der Waals surface area contributed by atoms with Gasteiger partial charge in [0, 0.05) is 0 Å². The molecular formula is C16H14F2O3. The summed E-state index contributed by atoms with van der Waals surface area (Å²) in [6.45, 7) is -0.311. The Labute approximate surface area is 121 Å². The molecule has 0 aliphatic carbocycles. The Balaban J connectivity index is 2.32. The lowest BCUT2D eigenvalue weighted by molar-refractivity contribution is -0.147. The average molecular weight is 292 g/mol. The first kappa shape index (κ1) is 15.1. The lowest BCUT2D eigenvalue weighted by Crippen LogP contribution is -2.15. The van der Waals surface area contributed by atoms with Crippen LogP contribution < -0.4 is 0 Å². The number of methoxy groups -OCH3 is 1. The van der Waals surface area contributed by atoms with Gasteiger partial charge in [0.1, 0.15) is 24.3 Å². The highest BCUT2D eigenvalue weighted by atomic mass is 19.1. The molecule has 0 aliphatic rings. The minimum Gasteiger partial charge on any atom is -0.467 e. The van der Waals surface area contributed by atoms with Crippen molar-refractivity contribution in [2.75, 3.05) is 13.7 Å². The van der Waals surface area contributed by atoms with Gasteiger partial charge in [0.2, 0.25) is 0 Å². The monoisotopic (exact) mass is 292 g/mol. The van der Waals surface area contributed by atoms with E-state index in [0.717, 1.165) is 0 Å². The molecule has 0 saturated carbocycles. The Bertz CT molecular complexity index is 583. The highest BCUT2D eigenvalue weighted by Gasteiger charge is 2.18. The fourth-order valence-corrected chi connectivity index (χ4v) is 1.93. The number of rotatable bonds is 5. The average Bonchev–Trinajstić information content (AvgIpc) is 2.47. The topological polar surface area (TPSA) is 35.5 Å². The molecule has 0 aliphatic heterocycles. The zero-order valence-corrected chi connectivity index (χ0v) is 11.4. The maximum atomic E-state index is 13.4. The Hall–Kier alpha value is -2.27. The first-order valence-corrected chi connectivity index (χ1v) is 6.29. The zero-order valence-electron chi connectivity index (χ0n) is 11.4. The fourth-order valence-electron chi connectivity index (χ4n) is 1.93. The molecular weight excluding hydrogens is 278 g/mol. The molecule has 0 spiro atoms. The van der Waals surface area contributed by atoms with E-state index in [1.54, 1.807) is 12.1 Å². The van der Waals surface area contributed by atoms with Crippen LogP contribution >= 0.6 is 0 Å². The van der Waals surface area contributed by atoms with Gasteiger partial charge in [-0.1, -0.05) is 24.3 Å². The van der Waals surface area contributed by atoms with E-state index in [2.05, 4.69) is 4.74 Å². The van der Waals surface area contributed by atoms with E-state index in [1.807, 2.05) is 0 Å². The quantitative estimate of drug-likeness (QED) is 0.794. The second-order valence-electron chi connectivity index (χ2n) is 4.38. The predicted molar refractivity (Wildman–Crippen MR) is 72.6 cm³/mol. The Kier molecular flexibility index (Phi) is 5.00. The van der Waals surface area contributed by atoms with Gasteiger partial charge in [-0.3, -0.25) is 0 Å². The zero-order chi connectivity index (χ0) is 15.2. The lowest BCUT2D eigenvalue weighted by atomic mass is 10.0. The third-order valence-electron chi connectivity index (χ3n) is 2.90. The van der Waals surface area contributed by atoms with Crippen molar-refractivity contribution in [3.63, 3.8) is 0 Å². The SMILES string of the molecule is COC(=O)COC(c1cccc(F)c1)c1cccc(F)c1. The minimum atomic E-state index is -0.754. The molecule has 0 aromatic heterocycles. The number of halogens is 2. The Morgan fingerprint density at radius 2 is 1.57 bits per heavy atom. The van der Waals surface area contributed by atoms with Crippen molar-refractivity contribution in [3.8, 4) is 0 Å². The summed E-state index contributed by atoms with van der Waals surface area (Å²) in [5.74, 6) is -1.43. The molecule has 5 heteroatoms. The fraction of sp³-hybridized carbons (Fsp3) is 0.188. The maximum Gasteiger partial charge on any atom is 0.331 e. The van der Waals surface area contributed by atoms with E-state index in [9.17, 15) is 13.6 Å². The van der Waals surface area contributed by atoms with Gasteiger partial charge in [-0.15, -0.1) is 0 Å². The van der Waals surface area contributed by atoms with Crippen LogP contribution in [0, 0.1) is 11.6 Å². The molecule has 0 heterocycles. The molecule has 3 nitrogen and oxygen atoms in total. The molecule has 110 valence electrons. The largest absolute Gasteiger partial charge is 0.467 e. The Morgan fingerprint density at radius 3 is 2.00 bits per heavy atom. The molecule has 2 aromatic rings. The van der Waals surface area contributed by atoms with E-state index in [4.69, 9.17) is 4.74 Å². The van der Waals surface area contributed by atoms with Crippen molar-refractivity contribution in [2.24, 2.45) is 0 Å². The van der Waals surface area contributed by atoms with Crippen molar-refractivity contribution >= 4 is 5.97 Å². The summed E-state index contributed by atoms with van der Waals surface area (Å²) in [5.41, 5.74) is 0.981. The molecule has 2 aromatic carbocycles. The van der Waals surface area contributed by atoms with Gasteiger partial charge in [-0.05, 0) is 35.4 Å². The summed E-state index contributed by atoms with van der Waals surface area (Å²) in [4.78, 5) is 11.2. The molecule has 0 bridgehead atoms. The minimum absolute atomic E-state index is 0.311. The number of carbonyl (C=O) groups excluding carboxylic acids is 1. The number of ether oxygens (including phenoxy) is 2. The van der Waals surface area contributed by atoms with Crippen LogP contribution in [0.2, 0.25) is 0 Å². The van der Waals surface area contributed by atoms with E-state index < -0.39 is 23.7 Å². The van der Waals surface area contributed by atoms with Crippen LogP contribution in [-0.4, -0.2) is 19.7 Å². The van der Waals surface area contributed by atoms with Gasteiger partial charge >= 0.3 is 5.97 Å². The predicted octanol–water partition coefficient (Wildman–Crippen LogP) is 3.24. The van der Waals surface area contributed by atoms with E-state index in [0.29, 0.717) is 11.1 Å². The summed E-state index contributed by atoms with van der Waals surface area (Å²) < 4.78 is 36.7. The van der Waals surface area contributed by atoms with E-state index in [-0.39, 0.29) is 6.61 Å². The Morgan fingerprint density at radius 1 is 1.05 bits per heavy atom. The molecule has 0 unspecified atom stereocenters. The number of hydrogen-bond donors (Lipinski definition) is 0. The number of hydrogen-bond acceptors (Lipinski definition) is 3. The van der Waals surface area contributed by atoms with Crippen molar-refractivity contribution in [1.29, 1.82) is 0 Å². The van der Waals surface area contributed by atoms with Crippen molar-refractivity contribution in [1.82, 2.24) is 0 Å². The van der Waals surface area contributed by atoms with Gasteiger partial charge in [0.05, 0.1) is 7.11 Å². The number of carbonyl (C=O) groups is 1. The van der Waals surface area contributed by atoms with Crippen LogP contribution in [-0.2, 0) is 14.3 Å². The second kappa shape index (κ2) is 6.95. The van der Waals surface area contributed by atoms with E-state index in [1.165, 1.54) is 43.5 Å². The number of esters is 1. The van der Waals surface area contributed by atoms with Crippen LogP contribution in [0.1, 0.15) is 17.2 Å². The molecule has 0 radical (unpaired) electrons. The maximum absolute atomic E-state index is 13.4. The van der Waals surface area contributed by atoms with E-state index >= 15 is 0 Å². The van der Waals surface area contributed by atoms with Crippen molar-refractivity contribution in [2.45, 2.75) is 6.10 Å². The molecule has 0 atom stereocenters. The molecule has 0 fully saturated rings. The van der Waals surface area contributed by atoms with Crippen molar-refractivity contribution < 1.29 is 23.0 Å². The van der Waals surface area contributed by atoms with Crippen LogP contribution in [0.15, 0.2) is 48.5 Å². The summed E-state index contributed by atoms with van der Waals surface area (Å²) >= 11 is 0. The van der Waals surface area contributed by atoms with Gasteiger partial charge in [-0.25, -0.2) is 13.6 Å². The molecule has 2 rings (SSSR count). The second-order valence-corrected chi connectivity index (χ2v) is 4.38. The van der Waals surface area contributed by atoms with Gasteiger partial charge in [0.25, 0.3) is 0 Å². The molecule has 0 N–H and O–H groups in total. The first-order valence-electron chi connectivity index (χ1n) is 6.29. The highest BCUT2D eigenvalue weighted by Crippen LogP contribution is 2.27. The van der Waals surface area contributed by atoms with Crippen LogP contribution in [0.4, 0.5) is 8.78 Å². The third kappa shape index (κ3) is 4.10.